The number of nitrogens with zero attached hydrogens (tertiary/aromatic N) is 1. The van der Waals surface area contributed by atoms with Gasteiger partial charge in [0.1, 0.15) is 0 Å². The zero-order valence-corrected chi connectivity index (χ0v) is 13.0. The molecule has 0 unspecified atom stereocenters. The Morgan fingerprint density at radius 2 is 1.56 bits per heavy atom. The van der Waals surface area contributed by atoms with Gasteiger partial charge in [-0.05, 0) is 16.8 Å². The molecule has 0 saturated carbocycles. The van der Waals surface area contributed by atoms with Crippen LogP contribution in [0.25, 0.3) is 0 Å². The van der Waals surface area contributed by atoms with Gasteiger partial charge in [0.25, 0.3) is 5.91 Å². The third-order valence-electron chi connectivity index (χ3n) is 2.66. The number of carbonyl (C=O) groups excluding carboxylic acids is 1. The molecule has 4 heteroatoms. The van der Waals surface area contributed by atoms with Gasteiger partial charge < -0.3 is 5.32 Å². The molecule has 0 bridgehead atoms. The molecule has 0 aliphatic rings. The molecule has 0 radical (unpaired) electrons. The molecule has 0 heterocycles. The standard InChI is InChI=1S/C14H21IN2O/c15-11-10-14(18)17-13-9-7-5-3-1-2-4-6-8-12-16/h1-9,13H2,(H,17,18). The lowest BCUT2D eigenvalue weighted by Crippen LogP contribution is -2.22. The molecular weight excluding hydrogens is 339 g/mol. The second kappa shape index (κ2) is 14.3. The van der Waals surface area contributed by atoms with Crippen LogP contribution < -0.4 is 5.32 Å². The molecule has 18 heavy (non-hydrogen) atoms. The van der Waals surface area contributed by atoms with E-state index in [4.69, 9.17) is 5.26 Å². The van der Waals surface area contributed by atoms with Gasteiger partial charge in [-0.2, -0.15) is 5.26 Å². The van der Waals surface area contributed by atoms with Gasteiger partial charge in [0.2, 0.25) is 0 Å². The minimum absolute atomic E-state index is 0.179. The molecule has 0 aromatic carbocycles. The van der Waals surface area contributed by atoms with E-state index < -0.39 is 0 Å². The Morgan fingerprint density at radius 1 is 1.00 bits per heavy atom. The summed E-state index contributed by atoms with van der Waals surface area (Å²) < 4.78 is 2.55. The maximum atomic E-state index is 11.0. The molecule has 0 spiro atoms. The Balaban J connectivity index is 3.09. The predicted octanol–water partition coefficient (Wildman–Crippen LogP) is 3.53. The van der Waals surface area contributed by atoms with Gasteiger partial charge in [0.05, 0.1) is 6.07 Å². The van der Waals surface area contributed by atoms with Crippen molar-refractivity contribution in [2.24, 2.45) is 0 Å². The lowest BCUT2D eigenvalue weighted by molar-refractivity contribution is -0.115. The first kappa shape index (κ1) is 17.2. The molecule has 1 amide bonds. The summed E-state index contributed by atoms with van der Waals surface area (Å²) in [6, 6.07) is 2.17. The molecular formula is C14H21IN2O. The number of hydrogen-bond donors (Lipinski definition) is 1. The predicted molar refractivity (Wildman–Crippen MR) is 82.0 cm³/mol. The molecule has 3 nitrogen and oxygen atoms in total. The van der Waals surface area contributed by atoms with Crippen LogP contribution in [0.4, 0.5) is 0 Å². The normalized spacial score (nSPS) is 9.11. The number of unbranched alkanes of at least 4 members (excludes halogenated alkanes) is 8. The van der Waals surface area contributed by atoms with Gasteiger partial charge in [-0.3, -0.25) is 4.79 Å². The summed E-state index contributed by atoms with van der Waals surface area (Å²) in [4.78, 5) is 11.0. The minimum Gasteiger partial charge on any atom is -0.345 e. The number of rotatable bonds is 10. The van der Waals surface area contributed by atoms with E-state index in [0.29, 0.717) is 6.42 Å². The largest absolute Gasteiger partial charge is 0.345 e. The summed E-state index contributed by atoms with van der Waals surface area (Å²) in [6.07, 6.45) is 10.1. The summed E-state index contributed by atoms with van der Waals surface area (Å²) in [5, 5.41) is 11.1. The van der Waals surface area contributed by atoms with Gasteiger partial charge >= 0.3 is 0 Å². The molecule has 0 fully saturated rings. The Kier molecular flexibility index (Phi) is 13.7. The average Bonchev–Trinajstić information content (AvgIpc) is 2.36. The third-order valence-corrected chi connectivity index (χ3v) is 2.93. The van der Waals surface area contributed by atoms with E-state index in [0.717, 1.165) is 25.8 Å². The molecule has 100 valence electrons. The quantitative estimate of drug-likeness (QED) is 0.368. The molecule has 0 aromatic heterocycles. The zero-order chi connectivity index (χ0) is 13.5. The highest BCUT2D eigenvalue weighted by Gasteiger charge is 1.95. The molecule has 0 saturated heterocycles. The molecule has 0 aromatic rings. The fraction of sp³-hybridized carbons (Fsp3) is 0.714. The van der Waals surface area contributed by atoms with E-state index in [-0.39, 0.29) is 5.91 Å². The molecule has 0 aliphatic carbocycles. The summed E-state index contributed by atoms with van der Waals surface area (Å²) in [5.41, 5.74) is 0. The van der Waals surface area contributed by atoms with E-state index in [1.54, 1.807) is 0 Å². The van der Waals surface area contributed by atoms with Crippen molar-refractivity contribution in [3.63, 3.8) is 0 Å². The molecule has 0 rings (SSSR count). The molecule has 1 N–H and O–H groups in total. The van der Waals surface area contributed by atoms with Gasteiger partial charge in [0, 0.05) is 41.5 Å². The Bertz CT molecular complexity index is 312. The van der Waals surface area contributed by atoms with Crippen LogP contribution in [0.5, 0.6) is 0 Å². The summed E-state index contributed by atoms with van der Waals surface area (Å²) in [7, 11) is 0. The van der Waals surface area contributed by atoms with Crippen molar-refractivity contribution in [3.05, 3.63) is 0 Å². The van der Waals surface area contributed by atoms with Crippen LogP contribution in [0.15, 0.2) is 0 Å². The van der Waals surface area contributed by atoms with Crippen molar-refractivity contribution in [3.8, 4) is 15.9 Å². The number of nitrogens with one attached hydrogen (secondary N) is 1. The fourth-order valence-corrected chi connectivity index (χ4v) is 1.92. The topological polar surface area (TPSA) is 52.9 Å². The van der Waals surface area contributed by atoms with Gasteiger partial charge in [-0.1, -0.05) is 38.5 Å². The Morgan fingerprint density at radius 3 is 2.11 bits per heavy atom. The van der Waals surface area contributed by atoms with Crippen molar-refractivity contribution < 1.29 is 4.79 Å². The highest BCUT2D eigenvalue weighted by Crippen LogP contribution is 2.09. The second-order valence-corrected chi connectivity index (χ2v) is 4.75. The van der Waals surface area contributed by atoms with E-state index in [9.17, 15) is 4.79 Å². The highest BCUT2D eigenvalue weighted by atomic mass is 127. The Hall–Kier alpha value is -0.750. The zero-order valence-electron chi connectivity index (χ0n) is 10.8. The third kappa shape index (κ3) is 13.3. The van der Waals surface area contributed by atoms with Crippen LogP contribution in [0, 0.1) is 21.2 Å². The first-order chi connectivity index (χ1) is 8.81. The van der Waals surface area contributed by atoms with Crippen molar-refractivity contribution >= 4 is 28.5 Å². The second-order valence-electron chi connectivity index (χ2n) is 4.21. The van der Waals surface area contributed by atoms with Crippen molar-refractivity contribution in [2.75, 3.05) is 6.54 Å². The number of hydrogen-bond acceptors (Lipinski definition) is 2. The van der Waals surface area contributed by atoms with Crippen LogP contribution in [0.3, 0.4) is 0 Å². The van der Waals surface area contributed by atoms with Crippen molar-refractivity contribution in [2.45, 2.75) is 57.8 Å². The number of halogens is 1. The van der Waals surface area contributed by atoms with E-state index in [1.807, 2.05) is 22.6 Å². The maximum Gasteiger partial charge on any atom is 0.296 e. The van der Waals surface area contributed by atoms with Gasteiger partial charge in [-0.25, -0.2) is 0 Å². The SMILES string of the molecule is N#CCCCCCCCCCCNC(=O)C#CI. The number of carbonyl (C=O) groups is 1. The highest BCUT2D eigenvalue weighted by molar-refractivity contribution is 14.1. The minimum atomic E-state index is -0.179. The fourth-order valence-electron chi connectivity index (χ4n) is 1.68. The van der Waals surface area contributed by atoms with Crippen LogP contribution in [-0.2, 0) is 4.79 Å². The van der Waals surface area contributed by atoms with Gasteiger partial charge in [0.15, 0.2) is 0 Å². The van der Waals surface area contributed by atoms with Crippen molar-refractivity contribution in [1.82, 2.24) is 5.32 Å². The van der Waals surface area contributed by atoms with E-state index in [1.165, 1.54) is 32.1 Å². The van der Waals surface area contributed by atoms with Crippen LogP contribution >= 0.6 is 22.6 Å². The van der Waals surface area contributed by atoms with E-state index in [2.05, 4.69) is 21.2 Å². The Labute approximate surface area is 124 Å². The molecule has 0 aliphatic heterocycles. The monoisotopic (exact) mass is 360 g/mol. The first-order valence-corrected chi connectivity index (χ1v) is 7.65. The number of amides is 1. The van der Waals surface area contributed by atoms with Crippen molar-refractivity contribution in [1.29, 1.82) is 5.26 Å². The summed E-state index contributed by atoms with van der Waals surface area (Å²) in [5.74, 6) is 2.27. The molecule has 0 atom stereocenters. The first-order valence-electron chi connectivity index (χ1n) is 6.57. The smallest absolute Gasteiger partial charge is 0.296 e. The summed E-state index contributed by atoms with van der Waals surface area (Å²) >= 11 is 1.86. The van der Waals surface area contributed by atoms with Crippen LogP contribution in [0.1, 0.15) is 57.8 Å². The van der Waals surface area contributed by atoms with E-state index >= 15 is 0 Å². The lowest BCUT2D eigenvalue weighted by Gasteiger charge is -2.02. The van der Waals surface area contributed by atoms with Gasteiger partial charge in [-0.15, -0.1) is 0 Å². The lowest BCUT2D eigenvalue weighted by atomic mass is 10.1. The van der Waals surface area contributed by atoms with Crippen LogP contribution in [0.2, 0.25) is 0 Å². The number of nitriles is 1. The van der Waals surface area contributed by atoms with Crippen LogP contribution in [-0.4, -0.2) is 12.5 Å². The maximum absolute atomic E-state index is 11.0. The summed E-state index contributed by atoms with van der Waals surface area (Å²) in [6.45, 7) is 0.728. The average molecular weight is 360 g/mol.